The quantitative estimate of drug-likeness (QED) is 0.394. The summed E-state index contributed by atoms with van der Waals surface area (Å²) < 4.78 is 0. The van der Waals surface area contributed by atoms with E-state index in [1.54, 1.807) is 24.9 Å². The number of nitro groups is 1. The molecular weight excluding hydrogens is 314 g/mol. The van der Waals surface area contributed by atoms with Gasteiger partial charge in [0.15, 0.2) is 0 Å². The molecule has 0 aliphatic rings. The zero-order valence-corrected chi connectivity index (χ0v) is 13.5. The van der Waals surface area contributed by atoms with E-state index in [-0.39, 0.29) is 5.69 Å². The number of hydrogen-bond acceptors (Lipinski definition) is 5. The van der Waals surface area contributed by atoms with Crippen LogP contribution in [0.5, 0.6) is 0 Å². The molecule has 2 aromatic carbocycles. The summed E-state index contributed by atoms with van der Waals surface area (Å²) in [6.45, 7) is 1.59. The third-order valence-electron chi connectivity index (χ3n) is 3.15. The predicted octanol–water partition coefficient (Wildman–Crippen LogP) is 3.39. The monoisotopic (exact) mass is 329 g/mol. The molecule has 23 heavy (non-hydrogen) atoms. The Morgan fingerprint density at radius 3 is 2.52 bits per heavy atom. The molecule has 0 aromatic heterocycles. The molecule has 0 saturated carbocycles. The molecule has 0 radical (unpaired) electrons. The molecule has 1 amide bonds. The van der Waals surface area contributed by atoms with Gasteiger partial charge in [0.25, 0.3) is 11.6 Å². The van der Waals surface area contributed by atoms with E-state index in [2.05, 4.69) is 10.5 Å². The molecule has 6 nitrogen and oxygen atoms in total. The zero-order valence-electron chi connectivity index (χ0n) is 12.6. The highest BCUT2D eigenvalue weighted by Crippen LogP contribution is 2.18. The summed E-state index contributed by atoms with van der Waals surface area (Å²) in [5, 5.41) is 14.7. The number of nitro benzene ring substituents is 1. The first-order valence-electron chi connectivity index (χ1n) is 6.74. The Labute approximate surface area is 137 Å². The molecule has 0 unspecified atom stereocenters. The van der Waals surface area contributed by atoms with Crippen LogP contribution in [0, 0.1) is 17.0 Å². The van der Waals surface area contributed by atoms with Gasteiger partial charge in [0.1, 0.15) is 0 Å². The van der Waals surface area contributed by atoms with Crippen molar-refractivity contribution in [2.75, 3.05) is 6.26 Å². The number of carbonyl (C=O) groups is 1. The average Bonchev–Trinajstić information content (AvgIpc) is 2.55. The number of hydrazone groups is 1. The lowest BCUT2D eigenvalue weighted by atomic mass is 10.1. The fourth-order valence-corrected chi connectivity index (χ4v) is 2.33. The van der Waals surface area contributed by atoms with Crippen LogP contribution in [-0.2, 0) is 0 Å². The van der Waals surface area contributed by atoms with E-state index in [9.17, 15) is 14.9 Å². The van der Waals surface area contributed by atoms with Gasteiger partial charge in [-0.1, -0.05) is 12.1 Å². The summed E-state index contributed by atoms with van der Waals surface area (Å²) in [5.41, 5.74) is 4.01. The van der Waals surface area contributed by atoms with Gasteiger partial charge in [-0.2, -0.15) is 5.10 Å². The van der Waals surface area contributed by atoms with Gasteiger partial charge in [-0.25, -0.2) is 5.43 Å². The van der Waals surface area contributed by atoms with E-state index >= 15 is 0 Å². The van der Waals surface area contributed by atoms with Crippen LogP contribution in [0.3, 0.4) is 0 Å². The van der Waals surface area contributed by atoms with Gasteiger partial charge in [-0.15, -0.1) is 11.8 Å². The zero-order chi connectivity index (χ0) is 16.8. The van der Waals surface area contributed by atoms with Crippen molar-refractivity contribution in [1.29, 1.82) is 0 Å². The molecular formula is C16H15N3O3S. The minimum absolute atomic E-state index is 0.0149. The number of benzene rings is 2. The number of thioether (sulfide) groups is 1. The number of amides is 1. The van der Waals surface area contributed by atoms with Crippen molar-refractivity contribution >= 4 is 29.6 Å². The highest BCUT2D eigenvalue weighted by atomic mass is 32.2. The third-order valence-corrected chi connectivity index (χ3v) is 3.89. The van der Waals surface area contributed by atoms with Crippen LogP contribution < -0.4 is 5.43 Å². The highest BCUT2D eigenvalue weighted by molar-refractivity contribution is 7.98. The van der Waals surface area contributed by atoms with Gasteiger partial charge < -0.3 is 0 Å². The second-order valence-electron chi connectivity index (χ2n) is 4.73. The maximum atomic E-state index is 12.0. The Bertz CT molecular complexity index is 758. The van der Waals surface area contributed by atoms with E-state index in [1.807, 2.05) is 30.5 Å². The lowest BCUT2D eigenvalue weighted by Gasteiger charge is -2.02. The molecule has 118 valence electrons. The topological polar surface area (TPSA) is 84.6 Å². The standard InChI is InChI=1S/C16H15N3O3S/c1-11-9-13(5-8-15(11)19(21)22)16(20)18-17-10-12-3-6-14(23-2)7-4-12/h3-10H,1-2H3,(H,18,20). The molecule has 0 fully saturated rings. The minimum Gasteiger partial charge on any atom is -0.267 e. The molecule has 7 heteroatoms. The van der Waals surface area contributed by atoms with E-state index < -0.39 is 10.8 Å². The Kier molecular flexibility index (Phi) is 5.48. The van der Waals surface area contributed by atoms with Crippen LogP contribution in [0.1, 0.15) is 21.5 Å². The Hall–Kier alpha value is -2.67. The van der Waals surface area contributed by atoms with Gasteiger partial charge >= 0.3 is 0 Å². The van der Waals surface area contributed by atoms with Crippen molar-refractivity contribution in [3.05, 3.63) is 69.3 Å². The van der Waals surface area contributed by atoms with Crippen molar-refractivity contribution in [3.8, 4) is 0 Å². The molecule has 0 spiro atoms. The van der Waals surface area contributed by atoms with Crippen LogP contribution in [-0.4, -0.2) is 23.3 Å². The van der Waals surface area contributed by atoms with Gasteiger partial charge in [0.2, 0.25) is 0 Å². The maximum Gasteiger partial charge on any atom is 0.272 e. The van der Waals surface area contributed by atoms with Crippen molar-refractivity contribution in [2.24, 2.45) is 5.10 Å². The molecule has 0 aliphatic carbocycles. The molecule has 0 heterocycles. The highest BCUT2D eigenvalue weighted by Gasteiger charge is 2.13. The number of hydrogen-bond donors (Lipinski definition) is 1. The molecule has 0 bridgehead atoms. The molecule has 2 rings (SSSR count). The Morgan fingerprint density at radius 1 is 1.26 bits per heavy atom. The number of rotatable bonds is 5. The van der Waals surface area contributed by atoms with E-state index in [4.69, 9.17) is 0 Å². The van der Waals surface area contributed by atoms with E-state index in [0.29, 0.717) is 11.1 Å². The van der Waals surface area contributed by atoms with Gasteiger partial charge in [-0.3, -0.25) is 14.9 Å². The van der Waals surface area contributed by atoms with Crippen LogP contribution in [0.15, 0.2) is 52.5 Å². The SMILES string of the molecule is CSc1ccc(C=NNC(=O)c2ccc([N+](=O)[O-])c(C)c2)cc1. The maximum absolute atomic E-state index is 12.0. The molecule has 0 saturated heterocycles. The normalized spacial score (nSPS) is 10.7. The molecule has 0 aliphatic heterocycles. The fraction of sp³-hybridized carbons (Fsp3) is 0.125. The largest absolute Gasteiger partial charge is 0.272 e. The smallest absolute Gasteiger partial charge is 0.267 e. The summed E-state index contributed by atoms with van der Waals surface area (Å²) in [6, 6.07) is 11.9. The predicted molar refractivity (Wildman–Crippen MR) is 91.1 cm³/mol. The Balaban J connectivity index is 2.02. The average molecular weight is 329 g/mol. The molecule has 0 atom stereocenters. The van der Waals surface area contributed by atoms with Gasteiger partial charge in [-0.05, 0) is 43.0 Å². The summed E-state index contributed by atoms with van der Waals surface area (Å²) in [4.78, 5) is 23.4. The lowest BCUT2D eigenvalue weighted by Crippen LogP contribution is -2.17. The van der Waals surface area contributed by atoms with Crippen molar-refractivity contribution < 1.29 is 9.72 Å². The van der Waals surface area contributed by atoms with Crippen LogP contribution in [0.4, 0.5) is 5.69 Å². The van der Waals surface area contributed by atoms with Gasteiger partial charge in [0, 0.05) is 22.1 Å². The second-order valence-corrected chi connectivity index (χ2v) is 5.61. The number of aryl methyl sites for hydroxylation is 1. The first-order chi connectivity index (χ1) is 11.0. The summed E-state index contributed by atoms with van der Waals surface area (Å²) >= 11 is 1.65. The summed E-state index contributed by atoms with van der Waals surface area (Å²) in [7, 11) is 0. The van der Waals surface area contributed by atoms with Gasteiger partial charge in [0.05, 0.1) is 11.1 Å². The lowest BCUT2D eigenvalue weighted by molar-refractivity contribution is -0.385. The van der Waals surface area contributed by atoms with Crippen molar-refractivity contribution in [2.45, 2.75) is 11.8 Å². The van der Waals surface area contributed by atoms with Crippen LogP contribution in [0.25, 0.3) is 0 Å². The number of nitrogens with zero attached hydrogens (tertiary/aromatic N) is 2. The first-order valence-corrected chi connectivity index (χ1v) is 7.96. The number of carbonyl (C=O) groups excluding carboxylic acids is 1. The van der Waals surface area contributed by atoms with E-state index in [1.165, 1.54) is 18.2 Å². The first kappa shape index (κ1) is 16.7. The van der Waals surface area contributed by atoms with Crippen molar-refractivity contribution in [1.82, 2.24) is 5.43 Å². The van der Waals surface area contributed by atoms with Crippen molar-refractivity contribution in [3.63, 3.8) is 0 Å². The second kappa shape index (κ2) is 7.55. The minimum atomic E-state index is -0.479. The fourth-order valence-electron chi connectivity index (χ4n) is 1.92. The third kappa shape index (κ3) is 4.40. The molecule has 2 aromatic rings. The van der Waals surface area contributed by atoms with Crippen LogP contribution in [0.2, 0.25) is 0 Å². The Morgan fingerprint density at radius 2 is 1.96 bits per heavy atom. The van der Waals surface area contributed by atoms with E-state index in [0.717, 1.165) is 10.5 Å². The van der Waals surface area contributed by atoms with Crippen LogP contribution >= 0.6 is 11.8 Å². The molecule has 1 N–H and O–H groups in total. The number of nitrogens with one attached hydrogen (secondary N) is 1. The summed E-state index contributed by atoms with van der Waals surface area (Å²) in [5.74, 6) is -0.417. The summed E-state index contributed by atoms with van der Waals surface area (Å²) in [6.07, 6.45) is 3.54.